The van der Waals surface area contributed by atoms with Crippen LogP contribution in [0, 0.1) is 11.8 Å². The number of alkyl carbamates (subject to hydrolysis) is 1. The van der Waals surface area contributed by atoms with Gasteiger partial charge < -0.3 is 10.1 Å². The Morgan fingerprint density at radius 2 is 1.93 bits per heavy atom. The van der Waals surface area contributed by atoms with Gasteiger partial charge in [-0.1, -0.05) is 44.2 Å². The number of carbonyl (C=O) groups excluding carboxylic acids is 4. The SMILES string of the molecule is CC(C)CC(NC(=O)OCc1ccccc1)C(=O)CC1CNNC(=O)C1=O. The molecule has 27 heavy (non-hydrogen) atoms. The molecule has 0 saturated carbocycles. The first-order valence-electron chi connectivity index (χ1n) is 8.93. The molecule has 3 N–H and O–H groups in total. The van der Waals surface area contributed by atoms with E-state index in [1.807, 2.05) is 44.2 Å². The molecule has 1 aromatic carbocycles. The van der Waals surface area contributed by atoms with Crippen LogP contribution in [-0.4, -0.2) is 36.2 Å². The fourth-order valence-corrected chi connectivity index (χ4v) is 2.79. The van der Waals surface area contributed by atoms with Gasteiger partial charge in [0.25, 0.3) is 0 Å². The van der Waals surface area contributed by atoms with Crippen molar-refractivity contribution < 1.29 is 23.9 Å². The average Bonchev–Trinajstić information content (AvgIpc) is 2.63. The Balaban J connectivity index is 1.92. The summed E-state index contributed by atoms with van der Waals surface area (Å²) in [4.78, 5) is 48.0. The topological polar surface area (TPSA) is 114 Å². The van der Waals surface area contributed by atoms with Gasteiger partial charge >= 0.3 is 12.0 Å². The first kappa shape index (κ1) is 20.6. The normalized spacial score (nSPS) is 18.0. The second-order valence-corrected chi connectivity index (χ2v) is 6.95. The number of benzene rings is 1. The van der Waals surface area contributed by atoms with E-state index in [0.717, 1.165) is 5.56 Å². The number of ketones is 2. The lowest BCUT2D eigenvalue weighted by Gasteiger charge is -2.24. The van der Waals surface area contributed by atoms with Crippen LogP contribution in [0.3, 0.4) is 0 Å². The molecule has 2 unspecified atom stereocenters. The van der Waals surface area contributed by atoms with Crippen molar-refractivity contribution in [2.24, 2.45) is 11.8 Å². The molecule has 0 aliphatic carbocycles. The van der Waals surface area contributed by atoms with Crippen LogP contribution in [0.25, 0.3) is 0 Å². The summed E-state index contributed by atoms with van der Waals surface area (Å²) in [5.74, 6) is -2.26. The number of hydrogen-bond acceptors (Lipinski definition) is 6. The second kappa shape index (κ2) is 9.82. The van der Waals surface area contributed by atoms with Crippen LogP contribution in [0.4, 0.5) is 4.79 Å². The van der Waals surface area contributed by atoms with Gasteiger partial charge in [0, 0.05) is 18.9 Å². The van der Waals surface area contributed by atoms with Gasteiger partial charge in [-0.3, -0.25) is 19.8 Å². The largest absolute Gasteiger partial charge is 0.445 e. The molecule has 0 aromatic heterocycles. The number of amides is 2. The summed E-state index contributed by atoms with van der Waals surface area (Å²) in [5, 5.41) is 2.59. The molecule has 0 radical (unpaired) electrons. The Kier molecular flexibility index (Phi) is 7.48. The van der Waals surface area contributed by atoms with E-state index < -0.39 is 29.7 Å². The van der Waals surface area contributed by atoms with Crippen LogP contribution in [0.15, 0.2) is 30.3 Å². The van der Waals surface area contributed by atoms with Gasteiger partial charge in [0.2, 0.25) is 5.78 Å². The molecule has 2 amide bonds. The minimum absolute atomic E-state index is 0.0977. The van der Waals surface area contributed by atoms with Crippen molar-refractivity contribution in [1.82, 2.24) is 16.2 Å². The smallest absolute Gasteiger partial charge is 0.408 e. The van der Waals surface area contributed by atoms with Crippen molar-refractivity contribution in [3.05, 3.63) is 35.9 Å². The Morgan fingerprint density at radius 3 is 2.59 bits per heavy atom. The maximum Gasteiger partial charge on any atom is 0.408 e. The van der Waals surface area contributed by atoms with Gasteiger partial charge in [-0.15, -0.1) is 0 Å². The first-order valence-corrected chi connectivity index (χ1v) is 8.93. The van der Waals surface area contributed by atoms with Gasteiger partial charge in [0.1, 0.15) is 6.61 Å². The monoisotopic (exact) mass is 375 g/mol. The van der Waals surface area contributed by atoms with Crippen LogP contribution in [-0.2, 0) is 25.7 Å². The van der Waals surface area contributed by atoms with Crippen molar-refractivity contribution in [2.75, 3.05) is 6.54 Å². The quantitative estimate of drug-likeness (QED) is 0.587. The molecule has 1 saturated heterocycles. The number of rotatable bonds is 8. The molecule has 2 atom stereocenters. The van der Waals surface area contributed by atoms with Gasteiger partial charge in [-0.25, -0.2) is 10.2 Å². The molecular weight excluding hydrogens is 350 g/mol. The Hall–Kier alpha value is -2.74. The lowest BCUT2D eigenvalue weighted by Crippen LogP contribution is -2.54. The van der Waals surface area contributed by atoms with Crippen molar-refractivity contribution in [3.8, 4) is 0 Å². The third-order valence-corrected chi connectivity index (χ3v) is 4.19. The number of carbonyl (C=O) groups is 4. The minimum atomic E-state index is -0.772. The molecule has 1 heterocycles. The highest BCUT2D eigenvalue weighted by Gasteiger charge is 2.33. The summed E-state index contributed by atoms with van der Waals surface area (Å²) in [6, 6.07) is 8.43. The predicted molar refractivity (Wildman–Crippen MR) is 97.3 cm³/mol. The van der Waals surface area contributed by atoms with Crippen LogP contribution < -0.4 is 16.2 Å². The number of hydrogen-bond donors (Lipinski definition) is 3. The highest BCUT2D eigenvalue weighted by Crippen LogP contribution is 2.14. The summed E-state index contributed by atoms with van der Waals surface area (Å²) >= 11 is 0. The van der Waals surface area contributed by atoms with E-state index >= 15 is 0 Å². The number of hydrazine groups is 1. The van der Waals surface area contributed by atoms with Gasteiger partial charge in [-0.2, -0.15) is 0 Å². The summed E-state index contributed by atoms with van der Waals surface area (Å²) < 4.78 is 5.17. The van der Waals surface area contributed by atoms with Crippen LogP contribution in [0.5, 0.6) is 0 Å². The third-order valence-electron chi connectivity index (χ3n) is 4.19. The highest BCUT2D eigenvalue weighted by atomic mass is 16.5. The van der Waals surface area contributed by atoms with Crippen LogP contribution in [0.2, 0.25) is 0 Å². The predicted octanol–water partition coefficient (Wildman–Crippen LogP) is 1.11. The molecule has 1 aliphatic heterocycles. The molecular formula is C19H25N3O5. The molecule has 8 nitrogen and oxygen atoms in total. The lowest BCUT2D eigenvalue weighted by atomic mass is 9.90. The fraction of sp³-hybridized carbons (Fsp3) is 0.474. The molecule has 2 rings (SSSR count). The van der Waals surface area contributed by atoms with Gasteiger partial charge in [0.05, 0.1) is 6.04 Å². The highest BCUT2D eigenvalue weighted by molar-refractivity contribution is 6.37. The summed E-state index contributed by atoms with van der Waals surface area (Å²) in [6.07, 6.45) is -0.390. The number of ether oxygens (including phenoxy) is 1. The Labute approximate surface area is 158 Å². The lowest BCUT2D eigenvalue weighted by molar-refractivity contribution is -0.144. The zero-order valence-electron chi connectivity index (χ0n) is 15.5. The van der Waals surface area contributed by atoms with Gasteiger partial charge in [0.15, 0.2) is 5.78 Å². The average molecular weight is 375 g/mol. The van der Waals surface area contributed by atoms with Crippen molar-refractivity contribution in [1.29, 1.82) is 0 Å². The maximum atomic E-state index is 12.6. The van der Waals surface area contributed by atoms with Gasteiger partial charge in [-0.05, 0) is 17.9 Å². The Morgan fingerprint density at radius 1 is 1.22 bits per heavy atom. The summed E-state index contributed by atoms with van der Waals surface area (Å²) in [7, 11) is 0. The molecule has 146 valence electrons. The van der Waals surface area contributed by atoms with E-state index in [1.165, 1.54) is 0 Å². The van der Waals surface area contributed by atoms with Crippen molar-refractivity contribution in [2.45, 2.75) is 39.3 Å². The van der Waals surface area contributed by atoms with Crippen molar-refractivity contribution >= 4 is 23.6 Å². The third kappa shape index (κ3) is 6.49. The van der Waals surface area contributed by atoms with E-state index in [0.29, 0.717) is 6.42 Å². The molecule has 1 fully saturated rings. The van der Waals surface area contributed by atoms with E-state index in [1.54, 1.807) is 0 Å². The second-order valence-electron chi connectivity index (χ2n) is 6.95. The first-order chi connectivity index (χ1) is 12.9. The van der Waals surface area contributed by atoms with Crippen LogP contribution in [0.1, 0.15) is 32.3 Å². The molecule has 0 bridgehead atoms. The maximum absolute atomic E-state index is 12.6. The minimum Gasteiger partial charge on any atom is -0.445 e. The number of Topliss-reactive ketones (excluding diaryl/α,β-unsaturated/α-hetero) is 2. The number of nitrogens with one attached hydrogen (secondary N) is 3. The molecule has 8 heteroatoms. The molecule has 0 spiro atoms. The summed E-state index contributed by atoms with van der Waals surface area (Å²) in [5.41, 5.74) is 5.65. The molecule has 1 aromatic rings. The van der Waals surface area contributed by atoms with E-state index in [-0.39, 0.29) is 31.3 Å². The Bertz CT molecular complexity index is 690. The zero-order chi connectivity index (χ0) is 19.8. The van der Waals surface area contributed by atoms with Crippen LogP contribution >= 0.6 is 0 Å². The van der Waals surface area contributed by atoms with E-state index in [2.05, 4.69) is 16.2 Å². The fourth-order valence-electron chi connectivity index (χ4n) is 2.79. The van der Waals surface area contributed by atoms with Crippen molar-refractivity contribution in [3.63, 3.8) is 0 Å². The zero-order valence-corrected chi connectivity index (χ0v) is 15.5. The van der Waals surface area contributed by atoms with E-state index in [4.69, 9.17) is 4.74 Å². The van der Waals surface area contributed by atoms with E-state index in [9.17, 15) is 19.2 Å². The standard InChI is InChI=1S/C19H25N3O5/c1-12(2)8-15(16(23)9-14-10-20-22-18(25)17(14)24)21-19(26)27-11-13-6-4-3-5-7-13/h3-7,12,14-15,20H,8-11H2,1-2H3,(H,21,26)(H,22,25). The molecule has 1 aliphatic rings. The summed E-state index contributed by atoms with van der Waals surface area (Å²) in [6.45, 7) is 4.14.